The number of rotatable bonds is 3. The molecule has 4 heteroatoms. The van der Waals surface area contributed by atoms with Crippen molar-refractivity contribution < 1.29 is 9.53 Å². The van der Waals surface area contributed by atoms with Gasteiger partial charge in [0.05, 0.1) is 18.4 Å². The van der Waals surface area contributed by atoms with Crippen LogP contribution >= 0.6 is 0 Å². The summed E-state index contributed by atoms with van der Waals surface area (Å²) in [6.45, 7) is 0. The van der Waals surface area contributed by atoms with Gasteiger partial charge in [-0.2, -0.15) is 5.10 Å². The van der Waals surface area contributed by atoms with E-state index in [-0.39, 0.29) is 5.91 Å². The molecule has 0 N–H and O–H groups in total. The highest BCUT2D eigenvalue weighted by Crippen LogP contribution is 2.20. The lowest BCUT2D eigenvalue weighted by Crippen LogP contribution is -2.13. The van der Waals surface area contributed by atoms with E-state index in [2.05, 4.69) is 5.10 Å². The first-order valence-electron chi connectivity index (χ1n) is 6.58. The fourth-order valence-electron chi connectivity index (χ4n) is 2.14. The van der Waals surface area contributed by atoms with Gasteiger partial charge in [-0.05, 0) is 18.2 Å². The van der Waals surface area contributed by atoms with E-state index in [0.29, 0.717) is 11.3 Å². The number of nitrogens with zero attached hydrogens (tertiary/aromatic N) is 2. The van der Waals surface area contributed by atoms with E-state index in [1.54, 1.807) is 31.5 Å². The second-order valence-electron chi connectivity index (χ2n) is 4.52. The van der Waals surface area contributed by atoms with E-state index in [1.807, 2.05) is 42.5 Å². The normalized spacial score (nSPS) is 10.3. The Kier molecular flexibility index (Phi) is 3.51. The lowest BCUT2D eigenvalue weighted by molar-refractivity contribution is 0.0942. The molecule has 0 radical (unpaired) electrons. The Morgan fingerprint density at radius 3 is 2.48 bits per heavy atom. The maximum Gasteiger partial charge on any atom is 0.281 e. The number of benzene rings is 2. The molecule has 1 aromatic heterocycles. The van der Waals surface area contributed by atoms with Gasteiger partial charge in [0.25, 0.3) is 5.91 Å². The predicted octanol–water partition coefficient (Wildman–Crippen LogP) is 3.25. The standard InChI is InChI=1S/C17H14N2O2/c1-21-16-10-6-5-9-14(16)17(20)19-12-11-15(18-19)13-7-3-2-4-8-13/h2-12H,1H3. The molecule has 0 amide bonds. The Labute approximate surface area is 122 Å². The second kappa shape index (κ2) is 5.63. The summed E-state index contributed by atoms with van der Waals surface area (Å²) >= 11 is 0. The van der Waals surface area contributed by atoms with Gasteiger partial charge in [-0.25, -0.2) is 4.68 Å². The average Bonchev–Trinajstić information content (AvgIpc) is 3.05. The Morgan fingerprint density at radius 1 is 1.00 bits per heavy atom. The minimum atomic E-state index is -0.213. The highest BCUT2D eigenvalue weighted by molar-refractivity contribution is 5.98. The van der Waals surface area contributed by atoms with Crippen LogP contribution in [-0.2, 0) is 0 Å². The van der Waals surface area contributed by atoms with Crippen LogP contribution in [0.5, 0.6) is 5.75 Å². The van der Waals surface area contributed by atoms with E-state index in [4.69, 9.17) is 4.74 Å². The summed E-state index contributed by atoms with van der Waals surface area (Å²) in [7, 11) is 1.55. The van der Waals surface area contributed by atoms with Crippen LogP contribution in [0.2, 0.25) is 0 Å². The Bertz CT molecular complexity index is 763. The summed E-state index contributed by atoms with van der Waals surface area (Å²) in [6, 6.07) is 18.7. The third kappa shape index (κ3) is 2.56. The maximum atomic E-state index is 12.5. The van der Waals surface area contributed by atoms with Crippen molar-refractivity contribution in [1.82, 2.24) is 9.78 Å². The molecule has 0 unspecified atom stereocenters. The van der Waals surface area contributed by atoms with Crippen molar-refractivity contribution in [2.45, 2.75) is 0 Å². The SMILES string of the molecule is COc1ccccc1C(=O)n1ccc(-c2ccccc2)n1. The van der Waals surface area contributed by atoms with Crippen LogP contribution in [0.1, 0.15) is 10.4 Å². The number of carbonyl (C=O) groups is 1. The van der Waals surface area contributed by atoms with Crippen LogP contribution in [0.15, 0.2) is 66.9 Å². The van der Waals surface area contributed by atoms with Crippen LogP contribution in [0, 0.1) is 0 Å². The van der Waals surface area contributed by atoms with Crippen molar-refractivity contribution in [1.29, 1.82) is 0 Å². The summed E-state index contributed by atoms with van der Waals surface area (Å²) in [5, 5.41) is 4.34. The summed E-state index contributed by atoms with van der Waals surface area (Å²) in [4.78, 5) is 12.5. The zero-order valence-corrected chi connectivity index (χ0v) is 11.6. The van der Waals surface area contributed by atoms with Crippen LogP contribution in [0.3, 0.4) is 0 Å². The minimum absolute atomic E-state index is 0.213. The van der Waals surface area contributed by atoms with E-state index < -0.39 is 0 Å². The molecule has 21 heavy (non-hydrogen) atoms. The molecule has 0 saturated heterocycles. The molecule has 2 aromatic carbocycles. The molecule has 1 heterocycles. The molecule has 4 nitrogen and oxygen atoms in total. The van der Waals surface area contributed by atoms with Crippen molar-refractivity contribution >= 4 is 5.91 Å². The van der Waals surface area contributed by atoms with Gasteiger partial charge >= 0.3 is 0 Å². The molecule has 3 aromatic rings. The number of hydrogen-bond donors (Lipinski definition) is 0. The van der Waals surface area contributed by atoms with Crippen LogP contribution < -0.4 is 4.74 Å². The zero-order valence-electron chi connectivity index (χ0n) is 11.6. The van der Waals surface area contributed by atoms with Crippen LogP contribution in [0.4, 0.5) is 0 Å². The van der Waals surface area contributed by atoms with E-state index in [9.17, 15) is 4.79 Å². The van der Waals surface area contributed by atoms with Crippen LogP contribution in [0.25, 0.3) is 11.3 Å². The van der Waals surface area contributed by atoms with Crippen molar-refractivity contribution in [3.8, 4) is 17.0 Å². The number of carbonyl (C=O) groups excluding carboxylic acids is 1. The molecule has 0 aliphatic rings. The number of para-hydroxylation sites is 1. The number of ether oxygens (including phenoxy) is 1. The molecule has 3 rings (SSSR count). The number of aromatic nitrogens is 2. The molecular weight excluding hydrogens is 264 g/mol. The Hall–Kier alpha value is -2.88. The first kappa shape index (κ1) is 13.1. The van der Waals surface area contributed by atoms with E-state index in [0.717, 1.165) is 11.3 Å². The molecule has 0 spiro atoms. The summed E-state index contributed by atoms with van der Waals surface area (Å²) in [6.07, 6.45) is 1.66. The quantitative estimate of drug-likeness (QED) is 0.738. The summed E-state index contributed by atoms with van der Waals surface area (Å²) in [5.74, 6) is 0.328. The lowest BCUT2D eigenvalue weighted by Gasteiger charge is -2.06. The van der Waals surface area contributed by atoms with E-state index >= 15 is 0 Å². The van der Waals surface area contributed by atoms with E-state index in [1.165, 1.54) is 4.68 Å². The first-order valence-corrected chi connectivity index (χ1v) is 6.58. The van der Waals surface area contributed by atoms with Crippen molar-refractivity contribution in [3.63, 3.8) is 0 Å². The third-order valence-corrected chi connectivity index (χ3v) is 3.20. The number of hydrogen-bond acceptors (Lipinski definition) is 3. The van der Waals surface area contributed by atoms with Gasteiger partial charge in [0, 0.05) is 11.8 Å². The zero-order chi connectivity index (χ0) is 14.7. The molecular formula is C17H14N2O2. The number of methoxy groups -OCH3 is 1. The van der Waals surface area contributed by atoms with Gasteiger partial charge in [0.15, 0.2) is 0 Å². The fourth-order valence-corrected chi connectivity index (χ4v) is 2.14. The molecule has 0 fully saturated rings. The van der Waals surface area contributed by atoms with Gasteiger partial charge in [0.1, 0.15) is 5.75 Å². The monoisotopic (exact) mass is 278 g/mol. The average molecular weight is 278 g/mol. The lowest BCUT2D eigenvalue weighted by atomic mass is 10.2. The topological polar surface area (TPSA) is 44.1 Å². The van der Waals surface area contributed by atoms with Crippen LogP contribution in [-0.4, -0.2) is 22.8 Å². The molecule has 0 atom stereocenters. The molecule has 0 saturated carbocycles. The van der Waals surface area contributed by atoms with Crippen molar-refractivity contribution in [2.24, 2.45) is 0 Å². The van der Waals surface area contributed by atoms with Gasteiger partial charge in [-0.3, -0.25) is 4.79 Å². The fraction of sp³-hybridized carbons (Fsp3) is 0.0588. The maximum absolute atomic E-state index is 12.5. The van der Waals surface area contributed by atoms with Gasteiger partial charge in [-0.15, -0.1) is 0 Å². The first-order chi connectivity index (χ1) is 10.3. The van der Waals surface area contributed by atoms with Crippen molar-refractivity contribution in [2.75, 3.05) is 7.11 Å². The van der Waals surface area contributed by atoms with Gasteiger partial charge in [-0.1, -0.05) is 42.5 Å². The third-order valence-electron chi connectivity index (χ3n) is 3.20. The molecule has 104 valence electrons. The highest BCUT2D eigenvalue weighted by atomic mass is 16.5. The molecule has 0 bridgehead atoms. The Balaban J connectivity index is 1.95. The molecule has 0 aliphatic heterocycles. The predicted molar refractivity (Wildman–Crippen MR) is 80.4 cm³/mol. The van der Waals surface area contributed by atoms with Crippen molar-refractivity contribution in [3.05, 3.63) is 72.4 Å². The second-order valence-corrected chi connectivity index (χ2v) is 4.52. The smallest absolute Gasteiger partial charge is 0.281 e. The minimum Gasteiger partial charge on any atom is -0.496 e. The van der Waals surface area contributed by atoms with Gasteiger partial charge < -0.3 is 4.74 Å². The molecule has 0 aliphatic carbocycles. The highest BCUT2D eigenvalue weighted by Gasteiger charge is 2.15. The summed E-state index contributed by atoms with van der Waals surface area (Å²) in [5.41, 5.74) is 2.23. The largest absolute Gasteiger partial charge is 0.496 e. The van der Waals surface area contributed by atoms with Gasteiger partial charge in [0.2, 0.25) is 0 Å². The summed E-state index contributed by atoms with van der Waals surface area (Å²) < 4.78 is 6.55. The Morgan fingerprint density at radius 2 is 1.71 bits per heavy atom.